The van der Waals surface area contributed by atoms with Crippen molar-refractivity contribution >= 4 is 5.69 Å². The second-order valence-electron chi connectivity index (χ2n) is 10.8. The van der Waals surface area contributed by atoms with Gasteiger partial charge in [-0.25, -0.2) is 4.85 Å². The van der Waals surface area contributed by atoms with Gasteiger partial charge in [0.25, 0.3) is 0 Å². The number of pyridine rings is 6. The van der Waals surface area contributed by atoms with Crippen molar-refractivity contribution in [1.82, 2.24) is 29.9 Å². The lowest BCUT2D eigenvalue weighted by atomic mass is 9.94. The van der Waals surface area contributed by atoms with E-state index in [-0.39, 0.29) is 0 Å². The molecule has 0 aliphatic carbocycles. The molecule has 7 rings (SSSR count). The van der Waals surface area contributed by atoms with E-state index in [1.165, 1.54) is 18.6 Å². The summed E-state index contributed by atoms with van der Waals surface area (Å²) in [5.41, 5.74) is 11.4. The van der Waals surface area contributed by atoms with E-state index in [9.17, 15) is 10.5 Å². The molecule has 0 atom stereocenters. The summed E-state index contributed by atoms with van der Waals surface area (Å²) in [5.74, 6) is 0. The van der Waals surface area contributed by atoms with Gasteiger partial charge in [0.1, 0.15) is 12.1 Å². The standard InChI is InChI=1S/C39H21N9/c1-42-36-13-35(20-45-24-36)39-7-4-29(23-48-39)32-11-30(27-2-5-37(46-21-27)33-8-25(14-40)16-43-18-33)10-31(12-32)28-3-6-38(47-22-28)34-9-26(15-41)17-44-19-34/h2-13,16-24H. The molecule has 1 aromatic carbocycles. The lowest BCUT2D eigenvalue weighted by Gasteiger charge is -2.12. The number of nitrogens with zero attached hydrogens (tertiary/aromatic N) is 9. The molecule has 0 saturated carbocycles. The predicted octanol–water partition coefficient (Wildman–Crippen LogP) is 8.35. The summed E-state index contributed by atoms with van der Waals surface area (Å²) in [7, 11) is 0. The van der Waals surface area contributed by atoms with Gasteiger partial charge in [-0.3, -0.25) is 29.9 Å². The fraction of sp³-hybridized carbons (Fsp3) is 0. The number of nitriles is 2. The molecule has 0 spiro atoms. The highest BCUT2D eigenvalue weighted by Crippen LogP contribution is 2.34. The lowest BCUT2D eigenvalue weighted by Crippen LogP contribution is -1.91. The lowest BCUT2D eigenvalue weighted by molar-refractivity contribution is 1.26. The molecule has 0 aliphatic heterocycles. The van der Waals surface area contributed by atoms with Crippen LogP contribution in [0.4, 0.5) is 5.69 Å². The molecule has 48 heavy (non-hydrogen) atoms. The maximum absolute atomic E-state index is 9.28. The van der Waals surface area contributed by atoms with Crippen molar-refractivity contribution < 1.29 is 0 Å². The molecule has 0 N–H and O–H groups in total. The molecule has 222 valence electrons. The van der Waals surface area contributed by atoms with Gasteiger partial charge in [0.2, 0.25) is 5.69 Å². The molecule has 0 unspecified atom stereocenters. The monoisotopic (exact) mass is 615 g/mol. The van der Waals surface area contributed by atoms with Gasteiger partial charge in [-0.15, -0.1) is 0 Å². The first-order chi connectivity index (χ1) is 23.6. The second-order valence-corrected chi connectivity index (χ2v) is 10.8. The minimum atomic E-state index is 0.457. The van der Waals surface area contributed by atoms with Crippen LogP contribution in [0.25, 0.3) is 72.0 Å². The Bertz CT molecular complexity index is 2130. The van der Waals surface area contributed by atoms with Crippen LogP contribution in [-0.2, 0) is 0 Å². The summed E-state index contributed by atoms with van der Waals surface area (Å²) >= 11 is 0. The average Bonchev–Trinajstić information content (AvgIpc) is 3.18. The Labute approximate surface area is 276 Å². The van der Waals surface area contributed by atoms with E-state index >= 15 is 0 Å². The van der Waals surface area contributed by atoms with Crippen LogP contribution in [0.1, 0.15) is 11.1 Å². The Morgan fingerprint density at radius 3 is 1.17 bits per heavy atom. The molecule has 0 bridgehead atoms. The highest BCUT2D eigenvalue weighted by Gasteiger charge is 2.12. The van der Waals surface area contributed by atoms with Crippen LogP contribution in [0.2, 0.25) is 0 Å². The molecule has 9 nitrogen and oxygen atoms in total. The first-order valence-corrected chi connectivity index (χ1v) is 14.7. The van der Waals surface area contributed by atoms with Gasteiger partial charge in [-0.1, -0.05) is 18.2 Å². The molecular formula is C39H21N9. The fourth-order valence-electron chi connectivity index (χ4n) is 5.25. The van der Waals surface area contributed by atoms with E-state index in [1.54, 1.807) is 36.8 Å². The number of rotatable bonds is 6. The highest BCUT2D eigenvalue weighted by molar-refractivity contribution is 5.82. The minimum absolute atomic E-state index is 0.457. The maximum atomic E-state index is 9.28. The summed E-state index contributed by atoms with van der Waals surface area (Å²) in [6, 6.07) is 27.6. The van der Waals surface area contributed by atoms with Crippen LogP contribution in [0, 0.1) is 29.2 Å². The normalized spacial score (nSPS) is 10.4. The SMILES string of the molecule is [C-]#[N+]c1cncc(-c2ccc(-c3cc(-c4ccc(-c5cncc(C#N)c5)nc4)cc(-c4ccc(-c5cncc(C#N)c5)nc4)c3)cn2)c1. The summed E-state index contributed by atoms with van der Waals surface area (Å²) in [5, 5.41) is 18.6. The fourth-order valence-corrected chi connectivity index (χ4v) is 5.25. The van der Waals surface area contributed by atoms with Gasteiger partial charge in [0.05, 0.1) is 34.8 Å². The van der Waals surface area contributed by atoms with E-state index in [0.717, 1.165) is 55.8 Å². The van der Waals surface area contributed by atoms with Crippen LogP contribution >= 0.6 is 0 Å². The van der Waals surface area contributed by atoms with Gasteiger partial charge >= 0.3 is 0 Å². The molecule has 0 saturated heterocycles. The van der Waals surface area contributed by atoms with Gasteiger partial charge in [-0.2, -0.15) is 10.5 Å². The average molecular weight is 616 g/mol. The topological polar surface area (TPSA) is 129 Å². The zero-order valence-electron chi connectivity index (χ0n) is 25.1. The zero-order chi connectivity index (χ0) is 32.9. The largest absolute Gasteiger partial charge is 0.276 e. The summed E-state index contributed by atoms with van der Waals surface area (Å²) < 4.78 is 0. The molecule has 6 heterocycles. The van der Waals surface area contributed by atoms with Crippen LogP contribution in [0.5, 0.6) is 0 Å². The minimum Gasteiger partial charge on any atom is -0.276 e. The number of hydrogen-bond acceptors (Lipinski definition) is 8. The van der Waals surface area contributed by atoms with Crippen molar-refractivity contribution in [2.75, 3.05) is 0 Å². The Balaban J connectivity index is 1.28. The maximum Gasteiger partial charge on any atom is 0.205 e. The van der Waals surface area contributed by atoms with Crippen molar-refractivity contribution in [3.05, 3.63) is 151 Å². The van der Waals surface area contributed by atoms with Gasteiger partial charge in [0, 0.05) is 89.2 Å². The van der Waals surface area contributed by atoms with Gasteiger partial charge in [-0.05, 0) is 71.3 Å². The first kappa shape index (κ1) is 29.3. The van der Waals surface area contributed by atoms with Crippen molar-refractivity contribution in [2.24, 2.45) is 0 Å². The molecule has 0 fully saturated rings. The summed E-state index contributed by atoms with van der Waals surface area (Å²) in [4.78, 5) is 30.1. The summed E-state index contributed by atoms with van der Waals surface area (Å²) in [6.45, 7) is 7.30. The van der Waals surface area contributed by atoms with E-state index in [4.69, 9.17) is 21.5 Å². The van der Waals surface area contributed by atoms with Crippen LogP contribution < -0.4 is 0 Å². The van der Waals surface area contributed by atoms with Crippen LogP contribution in [0.3, 0.4) is 0 Å². The summed E-state index contributed by atoms with van der Waals surface area (Å²) in [6.07, 6.45) is 15.1. The molecule has 7 aromatic rings. The number of benzene rings is 1. The highest BCUT2D eigenvalue weighted by atomic mass is 14.7. The molecular weight excluding hydrogens is 594 g/mol. The third-order valence-corrected chi connectivity index (χ3v) is 7.70. The van der Waals surface area contributed by atoms with Crippen molar-refractivity contribution in [1.29, 1.82) is 10.5 Å². The van der Waals surface area contributed by atoms with E-state index < -0.39 is 0 Å². The van der Waals surface area contributed by atoms with Crippen molar-refractivity contribution in [3.63, 3.8) is 0 Å². The van der Waals surface area contributed by atoms with Crippen molar-refractivity contribution in [3.8, 4) is 79.3 Å². The van der Waals surface area contributed by atoms with E-state index in [0.29, 0.717) is 28.2 Å². The zero-order valence-corrected chi connectivity index (χ0v) is 25.1. The smallest absolute Gasteiger partial charge is 0.205 e. The Morgan fingerprint density at radius 1 is 0.417 bits per heavy atom. The van der Waals surface area contributed by atoms with E-state index in [1.807, 2.05) is 55.0 Å². The first-order valence-electron chi connectivity index (χ1n) is 14.7. The second kappa shape index (κ2) is 12.9. The molecule has 9 heteroatoms. The van der Waals surface area contributed by atoms with Crippen LogP contribution in [0.15, 0.2) is 129 Å². The Morgan fingerprint density at radius 2 is 0.812 bits per heavy atom. The molecule has 0 aliphatic rings. The Kier molecular flexibility index (Phi) is 7.88. The molecule has 6 aromatic heterocycles. The van der Waals surface area contributed by atoms with Gasteiger partial charge < -0.3 is 0 Å². The molecule has 0 amide bonds. The van der Waals surface area contributed by atoms with E-state index in [2.05, 4.69) is 50.1 Å². The Hall–Kier alpha value is -7.41. The predicted molar refractivity (Wildman–Crippen MR) is 182 cm³/mol. The number of aromatic nitrogens is 6. The number of hydrogen-bond donors (Lipinski definition) is 0. The van der Waals surface area contributed by atoms with Crippen molar-refractivity contribution in [2.45, 2.75) is 0 Å². The van der Waals surface area contributed by atoms with Crippen LogP contribution in [-0.4, -0.2) is 29.9 Å². The third-order valence-electron chi connectivity index (χ3n) is 7.70. The quantitative estimate of drug-likeness (QED) is 0.171. The third kappa shape index (κ3) is 6.09. The van der Waals surface area contributed by atoms with Gasteiger partial charge in [0.15, 0.2) is 0 Å². The molecule has 0 radical (unpaired) electrons.